The highest BCUT2D eigenvalue weighted by molar-refractivity contribution is 5.94. The summed E-state index contributed by atoms with van der Waals surface area (Å²) >= 11 is 0. The molecule has 0 fully saturated rings. The normalized spacial score (nSPS) is 14.0. The first-order chi connectivity index (χ1) is 19.8. The van der Waals surface area contributed by atoms with Crippen molar-refractivity contribution in [3.8, 4) is 5.75 Å². The fourth-order valence-electron chi connectivity index (χ4n) is 4.25. The Morgan fingerprint density at radius 3 is 1.95 bits per heavy atom. The Bertz CT molecular complexity index is 1030. The topological polar surface area (TPSA) is 218 Å². The minimum absolute atomic E-state index is 0.0510. The summed E-state index contributed by atoms with van der Waals surface area (Å²) in [5, 5.41) is 29.4. The first-order valence-corrected chi connectivity index (χ1v) is 13.8. The third-order valence-electron chi connectivity index (χ3n) is 6.41. The van der Waals surface area contributed by atoms with E-state index in [0.29, 0.717) is 24.9 Å². The maximum absolute atomic E-state index is 13.4. The molecule has 1 aromatic carbocycles. The Morgan fingerprint density at radius 1 is 0.857 bits per heavy atom. The van der Waals surface area contributed by atoms with E-state index in [2.05, 4.69) is 21.3 Å². The lowest BCUT2D eigenvalue weighted by molar-refractivity contribution is -0.151. The number of carbonyl (C=O) groups is 5. The molecule has 8 N–H and O–H groups in total. The van der Waals surface area contributed by atoms with Crippen molar-refractivity contribution >= 4 is 29.6 Å². The van der Waals surface area contributed by atoms with Crippen LogP contribution in [-0.2, 0) is 39.9 Å². The molecule has 0 aliphatic rings. The Hall–Kier alpha value is -3.75. The number of nitrogens with two attached hydrogens (primary N) is 1. The number of hydrogen-bond acceptors (Lipinski definition) is 9. The van der Waals surface area contributed by atoms with Crippen molar-refractivity contribution in [1.82, 2.24) is 21.3 Å². The Morgan fingerprint density at radius 2 is 1.45 bits per heavy atom. The molecule has 0 aliphatic heterocycles. The lowest BCUT2D eigenvalue weighted by Gasteiger charge is -2.29. The molecule has 4 amide bonds. The lowest BCUT2D eigenvalue weighted by Crippen LogP contribution is -2.59. The van der Waals surface area contributed by atoms with Crippen molar-refractivity contribution in [1.29, 1.82) is 0 Å². The average molecular weight is 596 g/mol. The van der Waals surface area contributed by atoms with E-state index in [1.807, 2.05) is 0 Å². The third kappa shape index (κ3) is 12.8. The van der Waals surface area contributed by atoms with E-state index in [1.165, 1.54) is 33.3 Å². The van der Waals surface area contributed by atoms with Gasteiger partial charge in [-0.3, -0.25) is 24.0 Å². The van der Waals surface area contributed by atoms with E-state index < -0.39 is 72.4 Å². The standard InChI is InChI=1S/C28H45N5O9/c1-16(2)24(33-26(39)21(30-17(3)34)14-18-9-11-19(35)12-10-18)27(40)31-20(8-6-7-13-29)25(38)32-22(15-23(36)37)28(41-4)42-5/h9-12,16,20-22,24,28,35H,6-8,13-15,29H2,1-5H3,(H,30,34)(H,31,40)(H,32,38)(H,33,39)(H,36,37)/t20-,21-,22?,24-/m0/s1. The second kappa shape index (κ2) is 18.6. The number of phenolic OH excluding ortho intramolecular Hbond substituents is 1. The van der Waals surface area contributed by atoms with Gasteiger partial charge in [-0.2, -0.15) is 0 Å². The van der Waals surface area contributed by atoms with E-state index in [-0.39, 0.29) is 18.6 Å². The number of amides is 4. The van der Waals surface area contributed by atoms with Crippen LogP contribution in [0.4, 0.5) is 0 Å². The quantitative estimate of drug-likeness (QED) is 0.0823. The van der Waals surface area contributed by atoms with E-state index in [0.717, 1.165) is 0 Å². The fourth-order valence-corrected chi connectivity index (χ4v) is 4.25. The Kier molecular flexibility index (Phi) is 16.1. The molecule has 4 atom stereocenters. The van der Waals surface area contributed by atoms with Crippen LogP contribution in [0.25, 0.3) is 0 Å². The van der Waals surface area contributed by atoms with Crippen molar-refractivity contribution in [3.05, 3.63) is 29.8 Å². The number of unbranched alkanes of at least 4 members (excludes halogenated alkanes) is 1. The zero-order valence-corrected chi connectivity index (χ0v) is 24.8. The maximum atomic E-state index is 13.4. The minimum atomic E-state index is -1.19. The van der Waals surface area contributed by atoms with Crippen LogP contribution in [0, 0.1) is 5.92 Å². The summed E-state index contributed by atoms with van der Waals surface area (Å²) in [6, 6.07) is 1.95. The number of rotatable bonds is 19. The number of carboxylic acid groups (broad SMARTS) is 1. The molecule has 0 radical (unpaired) electrons. The molecule has 0 saturated carbocycles. The molecule has 42 heavy (non-hydrogen) atoms. The zero-order valence-electron chi connectivity index (χ0n) is 24.8. The number of methoxy groups -OCH3 is 2. The predicted octanol–water partition coefficient (Wildman–Crippen LogP) is -0.228. The Labute approximate surface area is 246 Å². The van der Waals surface area contributed by atoms with Crippen molar-refractivity contribution in [2.75, 3.05) is 20.8 Å². The van der Waals surface area contributed by atoms with Gasteiger partial charge in [-0.05, 0) is 49.4 Å². The van der Waals surface area contributed by atoms with E-state index in [1.54, 1.807) is 26.0 Å². The van der Waals surface area contributed by atoms with Gasteiger partial charge in [0.05, 0.1) is 12.5 Å². The fraction of sp³-hybridized carbons (Fsp3) is 0.607. The van der Waals surface area contributed by atoms with Crippen LogP contribution in [0.3, 0.4) is 0 Å². The molecule has 0 aromatic heterocycles. The zero-order chi connectivity index (χ0) is 31.8. The molecular formula is C28H45N5O9. The number of hydrogen-bond donors (Lipinski definition) is 7. The van der Waals surface area contributed by atoms with Gasteiger partial charge in [0.25, 0.3) is 0 Å². The maximum Gasteiger partial charge on any atom is 0.305 e. The van der Waals surface area contributed by atoms with E-state index in [4.69, 9.17) is 15.2 Å². The molecule has 1 aromatic rings. The number of aliphatic carboxylic acids is 1. The van der Waals surface area contributed by atoms with Gasteiger partial charge >= 0.3 is 5.97 Å². The second-order valence-electron chi connectivity index (χ2n) is 10.3. The van der Waals surface area contributed by atoms with Gasteiger partial charge in [0.2, 0.25) is 23.6 Å². The molecule has 0 spiro atoms. The van der Waals surface area contributed by atoms with Crippen LogP contribution in [0.15, 0.2) is 24.3 Å². The summed E-state index contributed by atoms with van der Waals surface area (Å²) in [6.45, 7) is 5.07. The number of carbonyl (C=O) groups excluding carboxylic acids is 4. The average Bonchev–Trinajstić information content (AvgIpc) is 2.91. The molecule has 0 aliphatic carbocycles. The highest BCUT2D eigenvalue weighted by Crippen LogP contribution is 2.13. The summed E-state index contributed by atoms with van der Waals surface area (Å²) in [6.07, 6.45) is -0.158. The van der Waals surface area contributed by atoms with E-state index >= 15 is 0 Å². The van der Waals surface area contributed by atoms with Gasteiger partial charge in [-0.1, -0.05) is 26.0 Å². The van der Waals surface area contributed by atoms with Gasteiger partial charge in [-0.15, -0.1) is 0 Å². The van der Waals surface area contributed by atoms with Crippen LogP contribution in [-0.4, -0.2) is 91.0 Å². The number of aromatic hydroxyl groups is 1. The number of phenols is 1. The van der Waals surface area contributed by atoms with Crippen LogP contribution in [0.1, 0.15) is 52.0 Å². The highest BCUT2D eigenvalue weighted by Gasteiger charge is 2.33. The first-order valence-electron chi connectivity index (χ1n) is 13.8. The Balaban J connectivity index is 3.13. The van der Waals surface area contributed by atoms with Crippen LogP contribution in [0.2, 0.25) is 0 Å². The van der Waals surface area contributed by atoms with Gasteiger partial charge in [0.15, 0.2) is 6.29 Å². The molecule has 0 bridgehead atoms. The molecule has 1 rings (SSSR count). The molecule has 1 unspecified atom stereocenters. The van der Waals surface area contributed by atoms with Crippen molar-refractivity contribution in [3.63, 3.8) is 0 Å². The number of carboxylic acids is 1. The third-order valence-corrected chi connectivity index (χ3v) is 6.41. The summed E-state index contributed by atoms with van der Waals surface area (Å²) in [4.78, 5) is 63.2. The van der Waals surface area contributed by atoms with Crippen molar-refractivity contribution in [2.24, 2.45) is 11.7 Å². The van der Waals surface area contributed by atoms with Crippen LogP contribution < -0.4 is 27.0 Å². The predicted molar refractivity (Wildman–Crippen MR) is 153 cm³/mol. The smallest absolute Gasteiger partial charge is 0.305 e. The minimum Gasteiger partial charge on any atom is -0.508 e. The first kappa shape index (κ1) is 36.3. The van der Waals surface area contributed by atoms with Gasteiger partial charge in [0.1, 0.15) is 23.9 Å². The molecular weight excluding hydrogens is 550 g/mol. The largest absolute Gasteiger partial charge is 0.508 e. The van der Waals surface area contributed by atoms with Crippen LogP contribution in [0.5, 0.6) is 5.75 Å². The summed E-state index contributed by atoms with van der Waals surface area (Å²) < 4.78 is 10.3. The molecule has 14 nitrogen and oxygen atoms in total. The van der Waals surface area contributed by atoms with Crippen LogP contribution >= 0.6 is 0 Å². The van der Waals surface area contributed by atoms with Crippen molar-refractivity contribution < 1.29 is 43.7 Å². The summed E-state index contributed by atoms with van der Waals surface area (Å²) in [5.74, 6) is -3.88. The monoisotopic (exact) mass is 595 g/mol. The second-order valence-corrected chi connectivity index (χ2v) is 10.3. The number of ether oxygens (including phenoxy) is 2. The SMILES string of the molecule is COC(OC)C(CC(=O)O)NC(=O)[C@H](CCCCN)NC(=O)[C@@H](NC(=O)[C@H](Cc1ccc(O)cc1)NC(C)=O)C(C)C. The molecule has 0 saturated heterocycles. The van der Waals surface area contributed by atoms with E-state index in [9.17, 15) is 34.2 Å². The van der Waals surface area contributed by atoms with Gasteiger partial charge < -0.3 is 46.7 Å². The van der Waals surface area contributed by atoms with Gasteiger partial charge in [-0.25, -0.2) is 0 Å². The number of nitrogens with one attached hydrogen (secondary N) is 4. The number of benzene rings is 1. The summed E-state index contributed by atoms with van der Waals surface area (Å²) in [7, 11) is 2.61. The molecule has 14 heteroatoms. The van der Waals surface area contributed by atoms with Crippen molar-refractivity contribution in [2.45, 2.75) is 83.3 Å². The highest BCUT2D eigenvalue weighted by atomic mass is 16.7. The molecule has 236 valence electrons. The van der Waals surface area contributed by atoms with Gasteiger partial charge in [0, 0.05) is 27.6 Å². The summed E-state index contributed by atoms with van der Waals surface area (Å²) in [5.41, 5.74) is 6.27. The lowest BCUT2D eigenvalue weighted by atomic mass is 9.99. The molecule has 0 heterocycles.